The van der Waals surface area contributed by atoms with Crippen LogP contribution in [0.4, 0.5) is 9.52 Å². The number of carbonyl (C=O) groups excluding carboxylic acids is 2. The van der Waals surface area contributed by atoms with Crippen molar-refractivity contribution in [1.82, 2.24) is 10.3 Å². The van der Waals surface area contributed by atoms with Crippen LogP contribution in [0.5, 0.6) is 11.5 Å². The van der Waals surface area contributed by atoms with Crippen molar-refractivity contribution in [2.75, 3.05) is 19.5 Å². The van der Waals surface area contributed by atoms with Crippen LogP contribution < -0.4 is 20.1 Å². The van der Waals surface area contributed by atoms with Gasteiger partial charge in [0, 0.05) is 11.6 Å². The Morgan fingerprint density at radius 1 is 1.07 bits per heavy atom. The van der Waals surface area contributed by atoms with E-state index in [0.717, 1.165) is 0 Å². The third-order valence-corrected chi connectivity index (χ3v) is 5.36. The highest BCUT2D eigenvalue weighted by molar-refractivity contribution is 7.22. The van der Waals surface area contributed by atoms with Crippen molar-refractivity contribution >= 4 is 38.5 Å². The van der Waals surface area contributed by atoms with Gasteiger partial charge in [-0.25, -0.2) is 9.37 Å². The van der Waals surface area contributed by atoms with E-state index in [-0.39, 0.29) is 11.7 Å². The predicted molar refractivity (Wildman–Crippen MR) is 114 cm³/mol. The van der Waals surface area contributed by atoms with Gasteiger partial charge in [0.15, 0.2) is 5.13 Å². The second-order valence-corrected chi connectivity index (χ2v) is 7.95. The molecule has 1 atom stereocenters. The third kappa shape index (κ3) is 4.85. The molecule has 30 heavy (non-hydrogen) atoms. The SMILES string of the molecule is COc1cc(OC)cc(C(=O)NC(C(=O)Nc2nc3ccc(F)cc3s2)C(C)C)c1. The van der Waals surface area contributed by atoms with Crippen LogP contribution in [0.1, 0.15) is 24.2 Å². The lowest BCUT2D eigenvalue weighted by atomic mass is 10.0. The Balaban J connectivity index is 1.77. The first kappa shape index (κ1) is 21.5. The molecule has 0 aliphatic heterocycles. The number of ether oxygens (including phenoxy) is 2. The largest absolute Gasteiger partial charge is 0.497 e. The van der Waals surface area contributed by atoms with Crippen molar-refractivity contribution in [2.45, 2.75) is 19.9 Å². The Labute approximate surface area is 177 Å². The number of amides is 2. The molecule has 158 valence electrons. The minimum Gasteiger partial charge on any atom is -0.497 e. The molecule has 0 fully saturated rings. The number of nitrogens with one attached hydrogen (secondary N) is 2. The number of aromatic nitrogens is 1. The van der Waals surface area contributed by atoms with Gasteiger partial charge in [-0.1, -0.05) is 25.2 Å². The van der Waals surface area contributed by atoms with E-state index in [9.17, 15) is 14.0 Å². The predicted octanol–water partition coefficient (Wildman–Crippen LogP) is 3.85. The lowest BCUT2D eigenvalue weighted by molar-refractivity contribution is -0.118. The smallest absolute Gasteiger partial charge is 0.252 e. The fourth-order valence-electron chi connectivity index (χ4n) is 2.83. The van der Waals surface area contributed by atoms with E-state index in [0.29, 0.717) is 32.4 Å². The first-order valence-electron chi connectivity index (χ1n) is 9.21. The van der Waals surface area contributed by atoms with E-state index in [1.54, 1.807) is 24.3 Å². The molecule has 7 nitrogen and oxygen atoms in total. The summed E-state index contributed by atoms with van der Waals surface area (Å²) in [6.07, 6.45) is 0. The van der Waals surface area contributed by atoms with E-state index in [1.807, 2.05) is 13.8 Å². The average molecular weight is 431 g/mol. The number of anilines is 1. The van der Waals surface area contributed by atoms with Crippen molar-refractivity contribution < 1.29 is 23.5 Å². The summed E-state index contributed by atoms with van der Waals surface area (Å²) in [6.45, 7) is 3.65. The summed E-state index contributed by atoms with van der Waals surface area (Å²) in [5.41, 5.74) is 0.894. The molecule has 1 unspecified atom stereocenters. The minimum absolute atomic E-state index is 0.187. The molecular formula is C21H22FN3O4S. The molecular weight excluding hydrogens is 409 g/mol. The molecule has 0 aliphatic carbocycles. The molecule has 0 radical (unpaired) electrons. The molecule has 0 saturated carbocycles. The van der Waals surface area contributed by atoms with Crippen molar-refractivity contribution in [2.24, 2.45) is 5.92 Å². The normalized spacial score (nSPS) is 11.9. The van der Waals surface area contributed by atoms with Crippen LogP contribution in [0.15, 0.2) is 36.4 Å². The lowest BCUT2D eigenvalue weighted by Gasteiger charge is -2.21. The molecule has 0 saturated heterocycles. The second-order valence-electron chi connectivity index (χ2n) is 6.92. The zero-order chi connectivity index (χ0) is 21.8. The average Bonchev–Trinajstić information content (AvgIpc) is 3.11. The molecule has 2 N–H and O–H groups in total. The van der Waals surface area contributed by atoms with Gasteiger partial charge in [0.25, 0.3) is 5.91 Å². The quantitative estimate of drug-likeness (QED) is 0.593. The first-order chi connectivity index (χ1) is 14.3. The number of halogens is 1. The third-order valence-electron chi connectivity index (χ3n) is 4.43. The van der Waals surface area contributed by atoms with Crippen molar-refractivity contribution in [3.8, 4) is 11.5 Å². The topological polar surface area (TPSA) is 89.5 Å². The van der Waals surface area contributed by atoms with Crippen LogP contribution in [0.2, 0.25) is 0 Å². The highest BCUT2D eigenvalue weighted by Gasteiger charge is 2.26. The number of fused-ring (bicyclic) bond motifs is 1. The highest BCUT2D eigenvalue weighted by Crippen LogP contribution is 2.27. The van der Waals surface area contributed by atoms with Gasteiger partial charge in [0.2, 0.25) is 5.91 Å². The van der Waals surface area contributed by atoms with Crippen LogP contribution in [-0.4, -0.2) is 37.1 Å². The van der Waals surface area contributed by atoms with E-state index in [1.165, 1.54) is 37.7 Å². The van der Waals surface area contributed by atoms with Crippen molar-refractivity contribution in [1.29, 1.82) is 0 Å². The Morgan fingerprint density at radius 3 is 2.33 bits per heavy atom. The Hall–Kier alpha value is -3.20. The first-order valence-corrected chi connectivity index (χ1v) is 10.0. The van der Waals surface area contributed by atoms with Crippen LogP contribution in [0.25, 0.3) is 10.2 Å². The van der Waals surface area contributed by atoms with Crippen LogP contribution in [0, 0.1) is 11.7 Å². The summed E-state index contributed by atoms with van der Waals surface area (Å²) >= 11 is 1.17. The lowest BCUT2D eigenvalue weighted by Crippen LogP contribution is -2.47. The van der Waals surface area contributed by atoms with Crippen LogP contribution >= 0.6 is 11.3 Å². The van der Waals surface area contributed by atoms with Crippen LogP contribution in [0.3, 0.4) is 0 Å². The summed E-state index contributed by atoms with van der Waals surface area (Å²) in [7, 11) is 2.98. The fourth-order valence-corrected chi connectivity index (χ4v) is 3.73. The van der Waals surface area contributed by atoms with Gasteiger partial charge in [-0.05, 0) is 36.2 Å². The number of nitrogens with zero attached hydrogens (tertiary/aromatic N) is 1. The van der Waals surface area contributed by atoms with Crippen molar-refractivity contribution in [3.05, 3.63) is 47.8 Å². The zero-order valence-corrected chi connectivity index (χ0v) is 17.8. The van der Waals surface area contributed by atoms with E-state index < -0.39 is 17.9 Å². The summed E-state index contributed by atoms with van der Waals surface area (Å²) in [5, 5.41) is 5.81. The second kappa shape index (κ2) is 9.08. The minimum atomic E-state index is -0.807. The van der Waals surface area contributed by atoms with Gasteiger partial charge in [0.1, 0.15) is 23.4 Å². The molecule has 1 heterocycles. The Bertz CT molecular complexity index is 1060. The maximum absolute atomic E-state index is 13.4. The molecule has 2 amide bonds. The van der Waals surface area contributed by atoms with E-state index in [2.05, 4.69) is 15.6 Å². The van der Waals surface area contributed by atoms with E-state index >= 15 is 0 Å². The molecule has 0 aliphatic rings. The van der Waals surface area contributed by atoms with Gasteiger partial charge in [-0.2, -0.15) is 0 Å². The van der Waals surface area contributed by atoms with Crippen molar-refractivity contribution in [3.63, 3.8) is 0 Å². The van der Waals surface area contributed by atoms with Crippen LogP contribution in [-0.2, 0) is 4.79 Å². The number of benzene rings is 2. The number of methoxy groups -OCH3 is 2. The molecule has 3 aromatic rings. The molecule has 3 rings (SSSR count). The number of carbonyl (C=O) groups is 2. The summed E-state index contributed by atoms with van der Waals surface area (Å²) < 4.78 is 24.4. The van der Waals surface area contributed by atoms with Gasteiger partial charge in [-0.15, -0.1) is 0 Å². The Kier molecular flexibility index (Phi) is 6.51. The summed E-state index contributed by atoms with van der Waals surface area (Å²) in [4.78, 5) is 29.9. The number of hydrogen-bond acceptors (Lipinski definition) is 6. The Morgan fingerprint density at radius 2 is 1.73 bits per heavy atom. The van der Waals surface area contributed by atoms with Gasteiger partial charge in [0.05, 0.1) is 24.4 Å². The van der Waals surface area contributed by atoms with Gasteiger partial charge in [-0.3, -0.25) is 9.59 Å². The molecule has 0 bridgehead atoms. The maximum atomic E-state index is 13.4. The maximum Gasteiger partial charge on any atom is 0.252 e. The standard InChI is InChI=1S/C21H22FN3O4S/c1-11(2)18(24-19(26)12-7-14(28-3)10-15(8-12)29-4)20(27)25-21-23-16-6-5-13(22)9-17(16)30-21/h5-11,18H,1-4H3,(H,24,26)(H,23,25,27). The van der Waals surface area contributed by atoms with Gasteiger partial charge < -0.3 is 20.1 Å². The summed E-state index contributed by atoms with van der Waals surface area (Å²) in [5.74, 6) is -0.475. The number of rotatable bonds is 7. The fraction of sp³-hybridized carbons (Fsp3) is 0.286. The number of hydrogen-bond donors (Lipinski definition) is 2. The number of thiazole rings is 1. The zero-order valence-electron chi connectivity index (χ0n) is 17.0. The molecule has 9 heteroatoms. The monoisotopic (exact) mass is 431 g/mol. The van der Waals surface area contributed by atoms with Gasteiger partial charge >= 0.3 is 0 Å². The van der Waals surface area contributed by atoms with E-state index in [4.69, 9.17) is 9.47 Å². The summed E-state index contributed by atoms with van der Waals surface area (Å²) in [6, 6.07) is 8.20. The molecule has 2 aromatic carbocycles. The molecule has 1 aromatic heterocycles. The molecule has 0 spiro atoms. The highest BCUT2D eigenvalue weighted by atomic mass is 32.1.